The number of rotatable bonds is 2. The Kier molecular flexibility index (Phi) is 3.53. The van der Waals surface area contributed by atoms with Crippen LogP contribution >= 0.6 is 0 Å². The van der Waals surface area contributed by atoms with Crippen molar-refractivity contribution in [2.75, 3.05) is 14.2 Å². The lowest BCUT2D eigenvalue weighted by Gasteiger charge is -2.16. The molecule has 2 rings (SSSR count). The van der Waals surface area contributed by atoms with Crippen molar-refractivity contribution < 1.29 is 9.47 Å². The zero-order valence-corrected chi connectivity index (χ0v) is 10.3. The Morgan fingerprint density at radius 2 is 2.06 bits per heavy atom. The molecule has 0 aromatic heterocycles. The monoisotopic (exact) mass is 231 g/mol. The van der Waals surface area contributed by atoms with Crippen molar-refractivity contribution in [3.05, 3.63) is 23.3 Å². The molecule has 0 fully saturated rings. The van der Waals surface area contributed by atoms with Gasteiger partial charge in [-0.05, 0) is 30.9 Å². The van der Waals surface area contributed by atoms with Gasteiger partial charge in [-0.3, -0.25) is 0 Å². The normalized spacial score (nSPS) is 18.8. The summed E-state index contributed by atoms with van der Waals surface area (Å²) in [5, 5.41) is 9.23. The smallest absolute Gasteiger partial charge is 0.164 e. The number of nitrogens with zero attached hydrogens (tertiary/aromatic N) is 1. The van der Waals surface area contributed by atoms with Gasteiger partial charge in [-0.2, -0.15) is 5.26 Å². The van der Waals surface area contributed by atoms with E-state index in [0.717, 1.165) is 48.3 Å². The maximum Gasteiger partial charge on any atom is 0.164 e. The predicted molar refractivity (Wildman–Crippen MR) is 65.5 cm³/mol. The second-order valence-electron chi connectivity index (χ2n) is 4.30. The van der Waals surface area contributed by atoms with Gasteiger partial charge in [-0.15, -0.1) is 0 Å². The third-order valence-corrected chi connectivity index (χ3v) is 3.39. The summed E-state index contributed by atoms with van der Waals surface area (Å²) in [6.07, 6.45) is 4.11. The standard InChI is InChI=1S/C14H17NO2/c1-16-13-8-7-11-10(9-15)5-3-4-6-12(11)14(13)17-2/h7-8,10H,3-6H2,1-2H3/t10-/m1/s1. The molecule has 3 heteroatoms. The minimum absolute atomic E-state index is 0.00712. The SMILES string of the molecule is COc1ccc2c(c1OC)CCCC[C@@H]2C#N. The van der Waals surface area contributed by atoms with Crippen LogP contribution in [-0.4, -0.2) is 14.2 Å². The van der Waals surface area contributed by atoms with Crippen molar-refractivity contribution in [1.82, 2.24) is 0 Å². The van der Waals surface area contributed by atoms with Crippen LogP contribution in [0.25, 0.3) is 0 Å². The van der Waals surface area contributed by atoms with E-state index in [1.807, 2.05) is 12.1 Å². The Hall–Kier alpha value is -1.69. The third kappa shape index (κ3) is 2.08. The van der Waals surface area contributed by atoms with Crippen molar-refractivity contribution in [2.45, 2.75) is 31.6 Å². The summed E-state index contributed by atoms with van der Waals surface area (Å²) in [5.74, 6) is 1.55. The first-order valence-electron chi connectivity index (χ1n) is 5.95. The van der Waals surface area contributed by atoms with Gasteiger partial charge in [0.05, 0.1) is 26.2 Å². The van der Waals surface area contributed by atoms with Gasteiger partial charge in [0.15, 0.2) is 11.5 Å². The van der Waals surface area contributed by atoms with Gasteiger partial charge in [0.2, 0.25) is 0 Å². The Labute approximate surface area is 102 Å². The zero-order chi connectivity index (χ0) is 12.3. The summed E-state index contributed by atoms with van der Waals surface area (Å²) >= 11 is 0. The van der Waals surface area contributed by atoms with Gasteiger partial charge in [-0.25, -0.2) is 0 Å². The maximum absolute atomic E-state index is 9.23. The van der Waals surface area contributed by atoms with E-state index < -0.39 is 0 Å². The van der Waals surface area contributed by atoms with E-state index in [-0.39, 0.29) is 5.92 Å². The molecule has 0 N–H and O–H groups in total. The maximum atomic E-state index is 9.23. The number of methoxy groups -OCH3 is 2. The topological polar surface area (TPSA) is 42.2 Å². The van der Waals surface area contributed by atoms with E-state index in [1.165, 1.54) is 0 Å². The average molecular weight is 231 g/mol. The van der Waals surface area contributed by atoms with Crippen LogP contribution in [0.3, 0.4) is 0 Å². The molecule has 0 saturated heterocycles. The number of fused-ring (bicyclic) bond motifs is 1. The van der Waals surface area contributed by atoms with Crippen molar-refractivity contribution in [3.8, 4) is 17.6 Å². The van der Waals surface area contributed by atoms with Crippen LogP contribution in [-0.2, 0) is 6.42 Å². The lowest BCUT2D eigenvalue weighted by atomic mass is 9.93. The Balaban J connectivity index is 2.56. The van der Waals surface area contributed by atoms with E-state index in [1.54, 1.807) is 14.2 Å². The molecule has 0 radical (unpaired) electrons. The molecule has 3 nitrogen and oxygen atoms in total. The van der Waals surface area contributed by atoms with Crippen molar-refractivity contribution in [3.63, 3.8) is 0 Å². The fraction of sp³-hybridized carbons (Fsp3) is 0.500. The molecule has 0 spiro atoms. The molecule has 1 atom stereocenters. The van der Waals surface area contributed by atoms with Crippen LogP contribution in [0, 0.1) is 11.3 Å². The minimum Gasteiger partial charge on any atom is -0.493 e. The molecule has 0 unspecified atom stereocenters. The Bertz CT molecular complexity index is 448. The van der Waals surface area contributed by atoms with E-state index in [4.69, 9.17) is 9.47 Å². The van der Waals surface area contributed by atoms with Crippen LogP contribution in [0.1, 0.15) is 36.3 Å². The molecule has 1 aliphatic carbocycles. The first kappa shape index (κ1) is 11.8. The van der Waals surface area contributed by atoms with Crippen LogP contribution in [0.2, 0.25) is 0 Å². The molecular formula is C14H17NO2. The van der Waals surface area contributed by atoms with E-state index in [0.29, 0.717) is 0 Å². The summed E-state index contributed by atoms with van der Waals surface area (Å²) in [6, 6.07) is 6.30. The second-order valence-corrected chi connectivity index (χ2v) is 4.30. The number of benzene rings is 1. The molecule has 90 valence electrons. The minimum atomic E-state index is -0.00712. The molecule has 17 heavy (non-hydrogen) atoms. The lowest BCUT2D eigenvalue weighted by Crippen LogP contribution is -2.02. The van der Waals surface area contributed by atoms with Crippen LogP contribution in [0.15, 0.2) is 12.1 Å². The van der Waals surface area contributed by atoms with Gasteiger partial charge in [0.25, 0.3) is 0 Å². The van der Waals surface area contributed by atoms with Gasteiger partial charge in [0, 0.05) is 5.56 Å². The van der Waals surface area contributed by atoms with Crippen molar-refractivity contribution >= 4 is 0 Å². The lowest BCUT2D eigenvalue weighted by molar-refractivity contribution is 0.351. The number of ether oxygens (including phenoxy) is 2. The largest absolute Gasteiger partial charge is 0.493 e. The summed E-state index contributed by atoms with van der Waals surface area (Å²) in [7, 11) is 3.30. The van der Waals surface area contributed by atoms with Gasteiger partial charge in [-0.1, -0.05) is 12.5 Å². The molecule has 0 amide bonds. The molecule has 0 saturated carbocycles. The Morgan fingerprint density at radius 3 is 2.71 bits per heavy atom. The zero-order valence-electron chi connectivity index (χ0n) is 10.3. The van der Waals surface area contributed by atoms with E-state index in [9.17, 15) is 5.26 Å². The molecule has 1 aromatic carbocycles. The highest BCUT2D eigenvalue weighted by molar-refractivity contribution is 5.53. The molecule has 0 heterocycles. The Morgan fingerprint density at radius 1 is 1.24 bits per heavy atom. The summed E-state index contributed by atoms with van der Waals surface area (Å²) in [5.41, 5.74) is 2.26. The average Bonchev–Trinajstić information content (AvgIpc) is 2.58. The first-order chi connectivity index (χ1) is 8.31. The fourth-order valence-corrected chi connectivity index (χ4v) is 2.53. The highest BCUT2D eigenvalue weighted by atomic mass is 16.5. The number of hydrogen-bond donors (Lipinski definition) is 0. The second kappa shape index (κ2) is 5.09. The summed E-state index contributed by atoms with van der Waals surface area (Å²) < 4.78 is 10.8. The summed E-state index contributed by atoms with van der Waals surface area (Å²) in [6.45, 7) is 0. The van der Waals surface area contributed by atoms with Crippen LogP contribution in [0.4, 0.5) is 0 Å². The van der Waals surface area contributed by atoms with Crippen LogP contribution in [0.5, 0.6) is 11.5 Å². The van der Waals surface area contributed by atoms with E-state index in [2.05, 4.69) is 6.07 Å². The number of nitriles is 1. The highest BCUT2D eigenvalue weighted by Gasteiger charge is 2.23. The highest BCUT2D eigenvalue weighted by Crippen LogP contribution is 2.40. The molecule has 0 aliphatic heterocycles. The van der Waals surface area contributed by atoms with Crippen molar-refractivity contribution in [1.29, 1.82) is 5.26 Å². The van der Waals surface area contributed by atoms with Gasteiger partial charge >= 0.3 is 0 Å². The van der Waals surface area contributed by atoms with Crippen molar-refractivity contribution in [2.24, 2.45) is 0 Å². The van der Waals surface area contributed by atoms with Gasteiger partial charge in [0.1, 0.15) is 0 Å². The van der Waals surface area contributed by atoms with Crippen LogP contribution < -0.4 is 9.47 Å². The number of hydrogen-bond acceptors (Lipinski definition) is 3. The molecule has 1 aromatic rings. The first-order valence-corrected chi connectivity index (χ1v) is 5.95. The molecule has 0 bridgehead atoms. The van der Waals surface area contributed by atoms with Gasteiger partial charge < -0.3 is 9.47 Å². The summed E-state index contributed by atoms with van der Waals surface area (Å²) in [4.78, 5) is 0. The fourth-order valence-electron chi connectivity index (χ4n) is 2.53. The quantitative estimate of drug-likeness (QED) is 0.735. The van der Waals surface area contributed by atoms with E-state index >= 15 is 0 Å². The molecule has 1 aliphatic rings. The third-order valence-electron chi connectivity index (χ3n) is 3.39. The predicted octanol–water partition coefficient (Wildman–Crippen LogP) is 3.04. The molecular weight excluding hydrogens is 214 g/mol.